The van der Waals surface area contributed by atoms with E-state index in [0.29, 0.717) is 6.42 Å². The predicted octanol–water partition coefficient (Wildman–Crippen LogP) is 3.77. The molecule has 1 amide bonds. The summed E-state index contributed by atoms with van der Waals surface area (Å²) in [7, 11) is 0. The third-order valence-corrected chi connectivity index (χ3v) is 4.93. The first-order valence-corrected chi connectivity index (χ1v) is 8.98. The van der Waals surface area contributed by atoms with Crippen molar-refractivity contribution in [1.29, 1.82) is 0 Å². The van der Waals surface area contributed by atoms with E-state index in [2.05, 4.69) is 19.2 Å². The predicted molar refractivity (Wildman–Crippen MR) is 93.9 cm³/mol. The van der Waals surface area contributed by atoms with Crippen molar-refractivity contribution in [2.45, 2.75) is 104 Å². The van der Waals surface area contributed by atoms with Crippen molar-refractivity contribution in [1.82, 2.24) is 5.32 Å². The van der Waals surface area contributed by atoms with Crippen LogP contribution < -0.4 is 11.1 Å². The number of ether oxygens (including phenoxy) is 1. The van der Waals surface area contributed by atoms with Crippen LogP contribution >= 0.6 is 0 Å². The quantitative estimate of drug-likeness (QED) is 0.539. The van der Waals surface area contributed by atoms with Gasteiger partial charge in [0, 0.05) is 24.1 Å². The minimum Gasteiger partial charge on any atom is -0.379 e. The molecule has 22 heavy (non-hydrogen) atoms. The lowest BCUT2D eigenvalue weighted by Crippen LogP contribution is -2.51. The molecule has 0 aliphatic heterocycles. The molecule has 0 aliphatic rings. The molecule has 0 aliphatic carbocycles. The first-order chi connectivity index (χ1) is 10.3. The average Bonchev–Trinajstić information content (AvgIpc) is 2.49. The van der Waals surface area contributed by atoms with Gasteiger partial charge >= 0.3 is 0 Å². The van der Waals surface area contributed by atoms with Crippen molar-refractivity contribution in [2.24, 2.45) is 5.73 Å². The highest BCUT2D eigenvalue weighted by Crippen LogP contribution is 2.24. The molecule has 4 heteroatoms. The van der Waals surface area contributed by atoms with E-state index in [0.717, 1.165) is 45.1 Å². The van der Waals surface area contributed by atoms with Crippen molar-refractivity contribution < 1.29 is 9.53 Å². The molecule has 0 aromatic rings. The highest BCUT2D eigenvalue weighted by atomic mass is 16.5. The molecular weight excluding hydrogens is 276 g/mol. The lowest BCUT2D eigenvalue weighted by atomic mass is 9.85. The van der Waals surface area contributed by atoms with Gasteiger partial charge in [-0.1, -0.05) is 27.7 Å². The Morgan fingerprint density at radius 3 is 2.05 bits per heavy atom. The molecule has 4 nitrogen and oxygen atoms in total. The van der Waals surface area contributed by atoms with Crippen molar-refractivity contribution in [3.63, 3.8) is 0 Å². The standard InChI is InChI=1S/C18H38N2O2/c1-7-17(19,8-2)14-16(21)20-18(9-3,10-4)12-11-13-22-15(5)6/h15H,7-14,19H2,1-6H3,(H,20,21). The summed E-state index contributed by atoms with van der Waals surface area (Å²) >= 11 is 0. The van der Waals surface area contributed by atoms with Crippen LogP contribution in [0.3, 0.4) is 0 Å². The van der Waals surface area contributed by atoms with Crippen LogP contribution in [0.15, 0.2) is 0 Å². The van der Waals surface area contributed by atoms with Crippen molar-refractivity contribution >= 4 is 5.91 Å². The van der Waals surface area contributed by atoms with Gasteiger partial charge in [0.2, 0.25) is 5.91 Å². The molecule has 0 bridgehead atoms. The van der Waals surface area contributed by atoms with Crippen LogP contribution in [-0.4, -0.2) is 29.7 Å². The second kappa shape index (κ2) is 10.2. The summed E-state index contributed by atoms with van der Waals surface area (Å²) in [6, 6.07) is 0. The molecule has 0 aromatic heterocycles. The number of nitrogens with two attached hydrogens (primary N) is 1. The van der Waals surface area contributed by atoms with Crippen LogP contribution in [-0.2, 0) is 9.53 Å². The van der Waals surface area contributed by atoms with Crippen molar-refractivity contribution in [3.8, 4) is 0 Å². The second-order valence-corrected chi connectivity index (χ2v) is 6.80. The molecule has 0 spiro atoms. The Balaban J connectivity index is 4.57. The zero-order valence-electron chi connectivity index (χ0n) is 15.6. The van der Waals surface area contributed by atoms with E-state index in [-0.39, 0.29) is 23.1 Å². The number of hydrogen-bond acceptors (Lipinski definition) is 3. The third-order valence-electron chi connectivity index (χ3n) is 4.93. The molecule has 0 atom stereocenters. The summed E-state index contributed by atoms with van der Waals surface area (Å²) in [4.78, 5) is 12.4. The Hall–Kier alpha value is -0.610. The summed E-state index contributed by atoms with van der Waals surface area (Å²) in [5.74, 6) is 0.0830. The summed E-state index contributed by atoms with van der Waals surface area (Å²) in [6.07, 6.45) is 6.11. The molecule has 0 heterocycles. The van der Waals surface area contributed by atoms with Gasteiger partial charge in [0.05, 0.1) is 6.10 Å². The zero-order chi connectivity index (χ0) is 17.2. The van der Waals surface area contributed by atoms with Crippen LogP contribution in [0, 0.1) is 0 Å². The Labute approximate surface area is 137 Å². The van der Waals surface area contributed by atoms with E-state index < -0.39 is 0 Å². The van der Waals surface area contributed by atoms with Crippen molar-refractivity contribution in [2.75, 3.05) is 6.61 Å². The fourth-order valence-electron chi connectivity index (χ4n) is 2.73. The van der Waals surface area contributed by atoms with Gasteiger partial charge in [-0.25, -0.2) is 0 Å². The zero-order valence-corrected chi connectivity index (χ0v) is 15.6. The molecule has 132 valence electrons. The number of rotatable bonds is 12. The summed E-state index contributed by atoms with van der Waals surface area (Å²) < 4.78 is 5.61. The number of carbonyl (C=O) groups is 1. The highest BCUT2D eigenvalue weighted by Gasteiger charge is 2.31. The van der Waals surface area contributed by atoms with E-state index >= 15 is 0 Å². The van der Waals surface area contributed by atoms with Gasteiger partial charge in [0.25, 0.3) is 0 Å². The van der Waals surface area contributed by atoms with Gasteiger partial charge < -0.3 is 15.8 Å². The molecule has 0 rings (SSSR count). The fourth-order valence-corrected chi connectivity index (χ4v) is 2.73. The average molecular weight is 315 g/mol. The summed E-state index contributed by atoms with van der Waals surface area (Å²) in [5, 5.41) is 3.27. The van der Waals surface area contributed by atoms with Crippen LogP contribution in [0.25, 0.3) is 0 Å². The van der Waals surface area contributed by atoms with Gasteiger partial charge in [-0.2, -0.15) is 0 Å². The monoisotopic (exact) mass is 314 g/mol. The Bertz CT molecular complexity index is 308. The molecule has 3 N–H and O–H groups in total. The summed E-state index contributed by atoms with van der Waals surface area (Å²) in [6.45, 7) is 13.2. The van der Waals surface area contributed by atoms with Crippen LogP contribution in [0.2, 0.25) is 0 Å². The topological polar surface area (TPSA) is 64.4 Å². The summed E-state index contributed by atoms with van der Waals surface area (Å²) in [5.41, 5.74) is 5.77. The molecular formula is C18H38N2O2. The first kappa shape index (κ1) is 21.4. The van der Waals surface area contributed by atoms with Crippen molar-refractivity contribution in [3.05, 3.63) is 0 Å². The maximum atomic E-state index is 12.4. The van der Waals surface area contributed by atoms with Gasteiger partial charge in [0.15, 0.2) is 0 Å². The maximum absolute atomic E-state index is 12.4. The highest BCUT2D eigenvalue weighted by molar-refractivity contribution is 5.78. The van der Waals surface area contributed by atoms with E-state index in [1.165, 1.54) is 0 Å². The number of nitrogens with one attached hydrogen (secondary N) is 1. The van der Waals surface area contributed by atoms with Gasteiger partial charge in [-0.15, -0.1) is 0 Å². The minimum atomic E-state index is -0.377. The molecule has 0 aromatic carbocycles. The van der Waals surface area contributed by atoms with E-state index in [1.807, 2.05) is 27.7 Å². The maximum Gasteiger partial charge on any atom is 0.222 e. The first-order valence-electron chi connectivity index (χ1n) is 8.98. The third kappa shape index (κ3) is 7.59. The lowest BCUT2D eigenvalue weighted by molar-refractivity contribution is -0.124. The van der Waals surface area contributed by atoms with E-state index in [1.54, 1.807) is 0 Å². The Morgan fingerprint density at radius 1 is 1.09 bits per heavy atom. The Kier molecular flexibility index (Phi) is 9.94. The number of amides is 1. The normalized spacial score (nSPS) is 12.7. The molecule has 0 fully saturated rings. The SMILES string of the molecule is CCC(N)(CC)CC(=O)NC(CC)(CC)CCCOC(C)C. The number of hydrogen-bond donors (Lipinski definition) is 2. The fraction of sp³-hybridized carbons (Fsp3) is 0.944. The molecule has 0 unspecified atom stereocenters. The lowest BCUT2D eigenvalue weighted by Gasteiger charge is -2.35. The van der Waals surface area contributed by atoms with Crippen LogP contribution in [0.4, 0.5) is 0 Å². The number of carbonyl (C=O) groups excluding carboxylic acids is 1. The van der Waals surface area contributed by atoms with E-state index in [9.17, 15) is 4.79 Å². The smallest absolute Gasteiger partial charge is 0.222 e. The largest absolute Gasteiger partial charge is 0.379 e. The van der Waals surface area contributed by atoms with Crippen LogP contribution in [0.1, 0.15) is 86.5 Å². The van der Waals surface area contributed by atoms with Gasteiger partial charge in [-0.05, 0) is 52.4 Å². The van der Waals surface area contributed by atoms with E-state index in [4.69, 9.17) is 10.5 Å². The van der Waals surface area contributed by atoms with Crippen LogP contribution in [0.5, 0.6) is 0 Å². The molecule has 0 radical (unpaired) electrons. The minimum absolute atomic E-state index is 0.0830. The molecule has 0 saturated heterocycles. The molecule has 0 saturated carbocycles. The second-order valence-electron chi connectivity index (χ2n) is 6.80. The van der Waals surface area contributed by atoms with Gasteiger partial charge in [-0.3, -0.25) is 4.79 Å². The van der Waals surface area contributed by atoms with Gasteiger partial charge in [0.1, 0.15) is 0 Å². The Morgan fingerprint density at radius 2 is 1.64 bits per heavy atom.